The van der Waals surface area contributed by atoms with Crippen molar-refractivity contribution in [3.8, 4) is 0 Å². The standard InChI is InChI=1S/C22H26ClFN2O2S/c1-3-13-25-22(28)16(2)26(15-17-4-8-19(24)9-5-17)21(27)12-14-29-20-10-6-18(23)7-11-20/h4-11,16H,3,12-15H2,1-2H3,(H,25,28)/t16-/m0/s1. The molecule has 7 heteroatoms. The van der Waals surface area contributed by atoms with E-state index in [1.165, 1.54) is 12.1 Å². The number of rotatable bonds is 10. The molecule has 4 nitrogen and oxygen atoms in total. The van der Waals surface area contributed by atoms with Crippen LogP contribution in [0.25, 0.3) is 0 Å². The Morgan fingerprint density at radius 1 is 1.14 bits per heavy atom. The molecule has 0 heterocycles. The van der Waals surface area contributed by atoms with Gasteiger partial charge in [-0.05, 0) is 55.3 Å². The van der Waals surface area contributed by atoms with E-state index in [1.54, 1.807) is 35.7 Å². The largest absolute Gasteiger partial charge is 0.354 e. The highest BCUT2D eigenvalue weighted by Crippen LogP contribution is 2.22. The molecule has 0 aromatic heterocycles. The monoisotopic (exact) mass is 436 g/mol. The number of amides is 2. The van der Waals surface area contributed by atoms with Crippen molar-refractivity contribution in [2.75, 3.05) is 12.3 Å². The van der Waals surface area contributed by atoms with Crippen LogP contribution in [0, 0.1) is 5.82 Å². The van der Waals surface area contributed by atoms with Crippen LogP contribution in [-0.4, -0.2) is 35.1 Å². The number of halogens is 2. The molecule has 0 aliphatic heterocycles. The number of nitrogens with one attached hydrogen (secondary N) is 1. The van der Waals surface area contributed by atoms with Crippen LogP contribution in [0.1, 0.15) is 32.3 Å². The van der Waals surface area contributed by atoms with Crippen molar-refractivity contribution >= 4 is 35.2 Å². The summed E-state index contributed by atoms with van der Waals surface area (Å²) in [7, 11) is 0. The van der Waals surface area contributed by atoms with Gasteiger partial charge in [0.1, 0.15) is 11.9 Å². The SMILES string of the molecule is CCCNC(=O)[C@H](C)N(Cc1ccc(F)cc1)C(=O)CCSc1ccc(Cl)cc1. The molecule has 2 amide bonds. The smallest absolute Gasteiger partial charge is 0.242 e. The Balaban J connectivity index is 2.03. The third kappa shape index (κ3) is 7.71. The zero-order valence-electron chi connectivity index (χ0n) is 16.7. The first-order valence-corrected chi connectivity index (χ1v) is 11.0. The average molecular weight is 437 g/mol. The van der Waals surface area contributed by atoms with Gasteiger partial charge >= 0.3 is 0 Å². The van der Waals surface area contributed by atoms with Gasteiger partial charge in [-0.1, -0.05) is 30.7 Å². The molecule has 1 atom stereocenters. The van der Waals surface area contributed by atoms with Crippen LogP contribution in [0.4, 0.5) is 4.39 Å². The summed E-state index contributed by atoms with van der Waals surface area (Å²) in [5, 5.41) is 3.51. The van der Waals surface area contributed by atoms with E-state index < -0.39 is 6.04 Å². The molecule has 0 aliphatic carbocycles. The Hall–Kier alpha value is -2.05. The molecule has 156 valence electrons. The fraction of sp³-hybridized carbons (Fsp3) is 0.364. The molecular formula is C22H26ClFN2O2S. The first kappa shape index (κ1) is 23.2. The Morgan fingerprint density at radius 3 is 2.41 bits per heavy atom. The van der Waals surface area contributed by atoms with E-state index >= 15 is 0 Å². The summed E-state index contributed by atoms with van der Waals surface area (Å²) >= 11 is 7.45. The number of thioether (sulfide) groups is 1. The molecule has 1 N–H and O–H groups in total. The first-order valence-electron chi connectivity index (χ1n) is 9.60. The topological polar surface area (TPSA) is 49.4 Å². The lowest BCUT2D eigenvalue weighted by molar-refractivity contribution is -0.140. The normalized spacial score (nSPS) is 11.7. The van der Waals surface area contributed by atoms with Crippen LogP contribution in [0.15, 0.2) is 53.4 Å². The molecule has 0 radical (unpaired) electrons. The molecule has 0 spiro atoms. The lowest BCUT2D eigenvalue weighted by atomic mass is 10.1. The molecule has 0 saturated carbocycles. The van der Waals surface area contributed by atoms with Crippen molar-refractivity contribution < 1.29 is 14.0 Å². The molecule has 2 aromatic carbocycles. The number of carbonyl (C=O) groups excluding carboxylic acids is 2. The van der Waals surface area contributed by atoms with Gasteiger partial charge in [0.05, 0.1) is 0 Å². The fourth-order valence-corrected chi connectivity index (χ4v) is 3.66. The van der Waals surface area contributed by atoms with Gasteiger partial charge in [-0.3, -0.25) is 9.59 Å². The van der Waals surface area contributed by atoms with Crippen LogP contribution in [0.2, 0.25) is 5.02 Å². The second kappa shape index (κ2) is 11.8. The highest BCUT2D eigenvalue weighted by Gasteiger charge is 2.25. The molecule has 0 bridgehead atoms. The van der Waals surface area contributed by atoms with Crippen LogP contribution < -0.4 is 5.32 Å². The van der Waals surface area contributed by atoms with Crippen LogP contribution in [0.5, 0.6) is 0 Å². The fourth-order valence-electron chi connectivity index (χ4n) is 2.70. The number of hydrogen-bond donors (Lipinski definition) is 1. The van der Waals surface area contributed by atoms with Gasteiger partial charge < -0.3 is 10.2 Å². The number of hydrogen-bond acceptors (Lipinski definition) is 3. The molecule has 0 fully saturated rings. The maximum absolute atomic E-state index is 13.2. The van der Waals surface area contributed by atoms with Crippen molar-refractivity contribution in [1.82, 2.24) is 10.2 Å². The van der Waals surface area contributed by atoms with Crippen LogP contribution in [-0.2, 0) is 16.1 Å². The maximum Gasteiger partial charge on any atom is 0.242 e. The molecule has 2 rings (SSSR count). The Morgan fingerprint density at radius 2 is 1.79 bits per heavy atom. The molecule has 2 aromatic rings. The Labute approximate surface area is 180 Å². The number of carbonyl (C=O) groups is 2. The minimum atomic E-state index is -0.611. The third-order valence-corrected chi connectivity index (χ3v) is 5.65. The third-order valence-electron chi connectivity index (χ3n) is 4.38. The Kier molecular flexibility index (Phi) is 9.48. The lowest BCUT2D eigenvalue weighted by Crippen LogP contribution is -2.47. The maximum atomic E-state index is 13.2. The van der Waals surface area contributed by atoms with Gasteiger partial charge in [-0.25, -0.2) is 4.39 Å². The highest BCUT2D eigenvalue weighted by molar-refractivity contribution is 7.99. The van der Waals surface area contributed by atoms with Crippen molar-refractivity contribution in [3.05, 3.63) is 64.9 Å². The van der Waals surface area contributed by atoms with E-state index in [2.05, 4.69) is 5.32 Å². The molecular weight excluding hydrogens is 411 g/mol. The van der Waals surface area contributed by atoms with E-state index in [0.717, 1.165) is 16.9 Å². The number of nitrogens with zero attached hydrogens (tertiary/aromatic N) is 1. The summed E-state index contributed by atoms with van der Waals surface area (Å²) in [4.78, 5) is 27.9. The summed E-state index contributed by atoms with van der Waals surface area (Å²) in [6, 6.07) is 12.8. The lowest BCUT2D eigenvalue weighted by Gasteiger charge is -2.29. The molecule has 29 heavy (non-hydrogen) atoms. The average Bonchev–Trinajstić information content (AvgIpc) is 2.72. The first-order chi connectivity index (χ1) is 13.9. The summed E-state index contributed by atoms with van der Waals surface area (Å²) in [5.41, 5.74) is 0.778. The summed E-state index contributed by atoms with van der Waals surface area (Å²) in [6.07, 6.45) is 1.11. The number of benzene rings is 2. The zero-order valence-corrected chi connectivity index (χ0v) is 18.2. The summed E-state index contributed by atoms with van der Waals surface area (Å²) in [5.74, 6) is -0.0497. The second-order valence-electron chi connectivity index (χ2n) is 6.67. The van der Waals surface area contributed by atoms with Crippen molar-refractivity contribution in [3.63, 3.8) is 0 Å². The van der Waals surface area contributed by atoms with Gasteiger partial charge in [0.15, 0.2) is 0 Å². The van der Waals surface area contributed by atoms with E-state index in [1.807, 2.05) is 31.2 Å². The summed E-state index contributed by atoms with van der Waals surface area (Å²) in [6.45, 7) is 4.51. The van der Waals surface area contributed by atoms with Crippen molar-refractivity contribution in [2.24, 2.45) is 0 Å². The van der Waals surface area contributed by atoms with Gasteiger partial charge in [-0.15, -0.1) is 11.8 Å². The van der Waals surface area contributed by atoms with E-state index in [4.69, 9.17) is 11.6 Å². The molecule has 0 aliphatic rings. The van der Waals surface area contributed by atoms with Gasteiger partial charge in [0, 0.05) is 35.2 Å². The predicted molar refractivity (Wildman–Crippen MR) is 117 cm³/mol. The molecule has 0 saturated heterocycles. The van der Waals surface area contributed by atoms with E-state index in [9.17, 15) is 14.0 Å². The van der Waals surface area contributed by atoms with Crippen molar-refractivity contribution in [1.29, 1.82) is 0 Å². The van der Waals surface area contributed by atoms with E-state index in [0.29, 0.717) is 23.7 Å². The van der Waals surface area contributed by atoms with Gasteiger partial charge in [0.2, 0.25) is 11.8 Å². The predicted octanol–water partition coefficient (Wildman–Crippen LogP) is 4.90. The highest BCUT2D eigenvalue weighted by atomic mass is 35.5. The Bertz CT molecular complexity index is 799. The van der Waals surface area contributed by atoms with Crippen LogP contribution >= 0.6 is 23.4 Å². The quantitative estimate of drug-likeness (QED) is 0.538. The minimum Gasteiger partial charge on any atom is -0.354 e. The van der Waals surface area contributed by atoms with Gasteiger partial charge in [0.25, 0.3) is 0 Å². The summed E-state index contributed by atoms with van der Waals surface area (Å²) < 4.78 is 13.2. The van der Waals surface area contributed by atoms with E-state index in [-0.39, 0.29) is 24.2 Å². The zero-order chi connectivity index (χ0) is 21.2. The minimum absolute atomic E-state index is 0.116. The van der Waals surface area contributed by atoms with Crippen molar-refractivity contribution in [2.45, 2.75) is 44.2 Å². The molecule has 0 unspecified atom stereocenters. The second-order valence-corrected chi connectivity index (χ2v) is 8.27. The van der Waals surface area contributed by atoms with Crippen LogP contribution in [0.3, 0.4) is 0 Å². The van der Waals surface area contributed by atoms with Gasteiger partial charge in [-0.2, -0.15) is 0 Å².